The Kier molecular flexibility index (Phi) is 4.75. The summed E-state index contributed by atoms with van der Waals surface area (Å²) in [5, 5.41) is 0.555. The Morgan fingerprint density at radius 2 is 2.03 bits per heavy atom. The lowest BCUT2D eigenvalue weighted by molar-refractivity contribution is -0.160. The molecule has 2 bridgehead atoms. The number of rotatable bonds is 3. The Hall–Kier alpha value is -2.90. The Morgan fingerprint density at radius 1 is 1.29 bits per heavy atom. The summed E-state index contributed by atoms with van der Waals surface area (Å²) < 4.78 is 13.6. The predicted octanol–water partition coefficient (Wildman–Crippen LogP) is 2.90. The number of benzene rings is 2. The van der Waals surface area contributed by atoms with Gasteiger partial charge >= 0.3 is 5.97 Å². The number of hydrogen-bond acceptors (Lipinski definition) is 6. The first kappa shape index (κ1) is 20.0. The maximum atomic E-state index is 13.5. The highest BCUT2D eigenvalue weighted by atomic mass is 35.5. The van der Waals surface area contributed by atoms with Gasteiger partial charge in [0.2, 0.25) is 5.72 Å². The Labute approximate surface area is 187 Å². The van der Waals surface area contributed by atoms with Crippen molar-refractivity contribution in [2.45, 2.75) is 25.6 Å². The summed E-state index contributed by atoms with van der Waals surface area (Å²) in [7, 11) is 0. The molecule has 2 aliphatic heterocycles. The Balaban J connectivity index is 1.79. The van der Waals surface area contributed by atoms with Gasteiger partial charge in [-0.15, -0.1) is 0 Å². The number of aromatic nitrogens is 1. The van der Waals surface area contributed by atoms with Gasteiger partial charge in [0.05, 0.1) is 17.2 Å². The number of para-hydroxylation sites is 1. The van der Waals surface area contributed by atoms with E-state index < -0.39 is 23.7 Å². The lowest BCUT2D eigenvalue weighted by Crippen LogP contribution is -2.58. The largest absolute Gasteiger partial charge is 0.466 e. The predicted molar refractivity (Wildman–Crippen MR) is 118 cm³/mol. The molecule has 0 unspecified atom stereocenters. The fraction of sp³-hybridized carbons (Fsp3) is 0.261. The molecular formula is C23H19ClN2O4S. The van der Waals surface area contributed by atoms with E-state index in [0.717, 1.165) is 11.1 Å². The second-order valence-electron chi connectivity index (χ2n) is 7.57. The first-order chi connectivity index (χ1) is 14.9. The maximum absolute atomic E-state index is 13.5. The first-order valence-electron chi connectivity index (χ1n) is 9.95. The summed E-state index contributed by atoms with van der Waals surface area (Å²) in [5.41, 5.74) is 0.109. The molecule has 0 radical (unpaired) electrons. The van der Waals surface area contributed by atoms with Crippen LogP contribution in [0.5, 0.6) is 5.75 Å². The number of fused-ring (bicyclic) bond motifs is 6. The van der Waals surface area contributed by atoms with Crippen LogP contribution in [-0.4, -0.2) is 22.9 Å². The molecule has 3 atom stereocenters. The van der Waals surface area contributed by atoms with Crippen molar-refractivity contribution in [3.63, 3.8) is 0 Å². The second kappa shape index (κ2) is 7.35. The Bertz CT molecular complexity index is 1380. The van der Waals surface area contributed by atoms with Crippen molar-refractivity contribution >= 4 is 35.0 Å². The van der Waals surface area contributed by atoms with Crippen LogP contribution in [0, 0.1) is 5.92 Å². The number of ether oxygens (including phenoxy) is 2. The van der Waals surface area contributed by atoms with Crippen LogP contribution in [0.2, 0.25) is 5.02 Å². The third kappa shape index (κ3) is 3.11. The topological polar surface area (TPSA) is 69.9 Å². The molecule has 1 aromatic heterocycles. The minimum Gasteiger partial charge on any atom is -0.466 e. The van der Waals surface area contributed by atoms with Crippen LogP contribution in [0.4, 0.5) is 0 Å². The molecule has 2 aliphatic rings. The number of thiazole rings is 1. The summed E-state index contributed by atoms with van der Waals surface area (Å²) in [6.45, 7) is 3.75. The van der Waals surface area contributed by atoms with E-state index in [1.165, 1.54) is 11.3 Å². The highest BCUT2D eigenvalue weighted by Gasteiger charge is 2.55. The molecule has 0 aliphatic carbocycles. The van der Waals surface area contributed by atoms with Crippen LogP contribution in [0.1, 0.15) is 31.0 Å². The van der Waals surface area contributed by atoms with E-state index in [2.05, 4.69) is 0 Å². The van der Waals surface area contributed by atoms with E-state index in [1.54, 1.807) is 30.6 Å². The number of carbonyl (C=O) groups is 1. The highest BCUT2D eigenvalue weighted by Crippen LogP contribution is 2.47. The number of carbonyl (C=O) groups excluding carboxylic acids is 1. The molecule has 0 saturated carbocycles. The fourth-order valence-corrected chi connectivity index (χ4v) is 5.55. The molecular weight excluding hydrogens is 436 g/mol. The monoisotopic (exact) mass is 454 g/mol. The van der Waals surface area contributed by atoms with Crippen LogP contribution < -0.4 is 19.6 Å². The van der Waals surface area contributed by atoms with E-state index in [1.807, 2.05) is 42.5 Å². The summed E-state index contributed by atoms with van der Waals surface area (Å²) in [5.74, 6) is -0.608. The van der Waals surface area contributed by atoms with Crippen LogP contribution in [-0.2, 0) is 9.53 Å². The number of halogens is 1. The molecule has 0 spiro atoms. The third-order valence-corrected chi connectivity index (χ3v) is 6.94. The van der Waals surface area contributed by atoms with Gasteiger partial charge in [-0.1, -0.05) is 59.3 Å². The van der Waals surface area contributed by atoms with Crippen molar-refractivity contribution in [1.82, 2.24) is 4.57 Å². The van der Waals surface area contributed by atoms with Crippen molar-refractivity contribution in [2.75, 3.05) is 6.61 Å². The van der Waals surface area contributed by atoms with E-state index in [-0.39, 0.29) is 12.2 Å². The minimum absolute atomic E-state index is 0.221. The van der Waals surface area contributed by atoms with Crippen molar-refractivity contribution in [1.29, 1.82) is 0 Å². The molecule has 0 amide bonds. The Morgan fingerprint density at radius 3 is 2.81 bits per heavy atom. The zero-order valence-corrected chi connectivity index (χ0v) is 18.4. The fourth-order valence-electron chi connectivity index (χ4n) is 4.27. The molecule has 2 aromatic carbocycles. The van der Waals surface area contributed by atoms with Crippen LogP contribution >= 0.6 is 22.9 Å². The SMILES string of the molecule is CCOC(=O)[C@@H]1[C@@H]2c3ccccc3O[C@]1(C)N=c1s/c(=C/c3ccccc3Cl)c(=O)n12. The van der Waals surface area contributed by atoms with Gasteiger partial charge in [-0.3, -0.25) is 14.2 Å². The lowest BCUT2D eigenvalue weighted by Gasteiger charge is -2.44. The smallest absolute Gasteiger partial charge is 0.317 e. The molecule has 158 valence electrons. The van der Waals surface area contributed by atoms with Gasteiger partial charge in [-0.05, 0) is 37.6 Å². The third-order valence-electron chi connectivity index (χ3n) is 5.61. The molecule has 8 heteroatoms. The molecule has 3 heterocycles. The van der Waals surface area contributed by atoms with Gasteiger partial charge in [0, 0.05) is 10.6 Å². The molecule has 5 rings (SSSR count). The lowest BCUT2D eigenvalue weighted by atomic mass is 9.81. The minimum atomic E-state index is -1.18. The summed E-state index contributed by atoms with van der Waals surface area (Å²) in [6, 6.07) is 14.2. The molecule has 0 saturated heterocycles. The average Bonchev–Trinajstić information content (AvgIpc) is 3.03. The van der Waals surface area contributed by atoms with Gasteiger partial charge < -0.3 is 9.47 Å². The molecule has 0 fully saturated rings. The molecule has 0 N–H and O–H groups in total. The number of esters is 1. The second-order valence-corrected chi connectivity index (χ2v) is 8.99. The molecule has 3 aromatic rings. The zero-order valence-electron chi connectivity index (χ0n) is 16.9. The van der Waals surface area contributed by atoms with Crippen molar-refractivity contribution in [3.8, 4) is 5.75 Å². The van der Waals surface area contributed by atoms with Crippen molar-refractivity contribution in [2.24, 2.45) is 10.9 Å². The first-order valence-corrected chi connectivity index (χ1v) is 11.1. The van der Waals surface area contributed by atoms with E-state index in [0.29, 0.717) is 20.1 Å². The van der Waals surface area contributed by atoms with Gasteiger partial charge in [-0.2, -0.15) is 0 Å². The average molecular weight is 455 g/mol. The zero-order chi connectivity index (χ0) is 21.8. The van der Waals surface area contributed by atoms with Gasteiger partial charge in [-0.25, -0.2) is 4.99 Å². The molecule has 31 heavy (non-hydrogen) atoms. The maximum Gasteiger partial charge on any atom is 0.317 e. The van der Waals surface area contributed by atoms with Gasteiger partial charge in [0.25, 0.3) is 5.56 Å². The van der Waals surface area contributed by atoms with Gasteiger partial charge in [0.1, 0.15) is 11.7 Å². The van der Waals surface area contributed by atoms with E-state index in [9.17, 15) is 9.59 Å². The molecule has 6 nitrogen and oxygen atoms in total. The number of hydrogen-bond donors (Lipinski definition) is 0. The highest BCUT2D eigenvalue weighted by molar-refractivity contribution is 7.07. The summed E-state index contributed by atoms with van der Waals surface area (Å²) in [6.07, 6.45) is 1.76. The number of nitrogens with zero attached hydrogens (tertiary/aromatic N) is 2. The van der Waals surface area contributed by atoms with Crippen LogP contribution in [0.25, 0.3) is 6.08 Å². The van der Waals surface area contributed by atoms with Gasteiger partial charge in [0.15, 0.2) is 4.80 Å². The van der Waals surface area contributed by atoms with E-state index >= 15 is 0 Å². The summed E-state index contributed by atoms with van der Waals surface area (Å²) in [4.78, 5) is 31.7. The van der Waals surface area contributed by atoms with Crippen LogP contribution in [0.15, 0.2) is 58.3 Å². The summed E-state index contributed by atoms with van der Waals surface area (Å²) >= 11 is 7.55. The normalized spacial score (nSPS) is 23.9. The van der Waals surface area contributed by atoms with Crippen LogP contribution in [0.3, 0.4) is 0 Å². The quantitative estimate of drug-likeness (QED) is 0.570. The van der Waals surface area contributed by atoms with Crippen molar-refractivity contribution < 1.29 is 14.3 Å². The standard InChI is InChI=1S/C23H19ClN2O4S/c1-3-29-21(28)18-19-14-9-5-7-11-16(14)30-23(18,2)25-22-26(19)20(27)17(31-22)12-13-8-4-6-10-15(13)24/h4-12,18-19H,3H2,1-2H3/b17-12+/t18-,19-,23-/m0/s1. The van der Waals surface area contributed by atoms with E-state index in [4.69, 9.17) is 26.1 Å². The van der Waals surface area contributed by atoms with Crippen molar-refractivity contribution in [3.05, 3.63) is 84.4 Å².